The van der Waals surface area contributed by atoms with Crippen molar-refractivity contribution in [2.45, 2.75) is 13.0 Å². The molecule has 2 aromatic rings. The molecule has 1 aliphatic heterocycles. The zero-order valence-corrected chi connectivity index (χ0v) is 10.9. The lowest BCUT2D eigenvalue weighted by Gasteiger charge is -2.21. The van der Waals surface area contributed by atoms with E-state index in [9.17, 15) is 8.42 Å². The van der Waals surface area contributed by atoms with Crippen LogP contribution in [-0.4, -0.2) is 35.9 Å². The number of hydrogen-bond acceptors (Lipinski definition) is 4. The van der Waals surface area contributed by atoms with E-state index < -0.39 is 9.84 Å². The normalized spacial score (nSPS) is 23.3. The Morgan fingerprint density at radius 2 is 2.33 bits per heavy atom. The smallest absolute Gasteiger partial charge is 0.153 e. The second-order valence-electron chi connectivity index (χ2n) is 4.71. The number of nitrogens with one attached hydrogen (secondary N) is 1. The Morgan fingerprint density at radius 1 is 1.50 bits per heavy atom. The minimum Gasteiger partial charge on any atom is -0.307 e. The maximum Gasteiger partial charge on any atom is 0.153 e. The molecular formula is C12H15N3O2S. The summed E-state index contributed by atoms with van der Waals surface area (Å²) in [5.41, 5.74) is 2.77. The molecule has 0 bridgehead atoms. The molecule has 1 aliphatic rings. The van der Waals surface area contributed by atoms with Gasteiger partial charge in [-0.1, -0.05) is 6.07 Å². The molecular weight excluding hydrogens is 250 g/mol. The molecule has 2 aromatic heterocycles. The molecule has 0 aromatic carbocycles. The van der Waals surface area contributed by atoms with Crippen LogP contribution in [-0.2, 0) is 9.84 Å². The summed E-state index contributed by atoms with van der Waals surface area (Å²) in [6.07, 6.45) is 3.83. The lowest BCUT2D eigenvalue weighted by molar-refractivity contribution is 0.525. The van der Waals surface area contributed by atoms with Gasteiger partial charge in [0, 0.05) is 18.9 Å². The van der Waals surface area contributed by atoms with Crippen LogP contribution in [0.25, 0.3) is 5.65 Å². The number of pyridine rings is 1. The van der Waals surface area contributed by atoms with E-state index in [1.165, 1.54) is 0 Å². The van der Waals surface area contributed by atoms with Gasteiger partial charge in [-0.05, 0) is 18.6 Å². The van der Waals surface area contributed by atoms with Crippen molar-refractivity contribution in [2.24, 2.45) is 0 Å². The Bertz CT molecular complexity index is 690. The number of fused-ring (bicyclic) bond motifs is 1. The molecule has 0 amide bonds. The van der Waals surface area contributed by atoms with E-state index in [-0.39, 0.29) is 17.5 Å². The summed E-state index contributed by atoms with van der Waals surface area (Å²) < 4.78 is 25.2. The summed E-state index contributed by atoms with van der Waals surface area (Å²) in [4.78, 5) is 4.54. The molecule has 1 saturated heterocycles. The molecule has 96 valence electrons. The highest BCUT2D eigenvalue weighted by Crippen LogP contribution is 2.19. The van der Waals surface area contributed by atoms with Crippen LogP contribution in [0.1, 0.15) is 17.3 Å². The van der Waals surface area contributed by atoms with Gasteiger partial charge in [0.15, 0.2) is 9.84 Å². The molecule has 1 atom stereocenters. The third-order valence-corrected chi connectivity index (χ3v) is 4.95. The molecule has 6 heteroatoms. The number of sulfone groups is 1. The van der Waals surface area contributed by atoms with Gasteiger partial charge >= 0.3 is 0 Å². The van der Waals surface area contributed by atoms with Crippen molar-refractivity contribution in [3.63, 3.8) is 0 Å². The first-order valence-corrected chi connectivity index (χ1v) is 7.75. The maximum absolute atomic E-state index is 11.6. The minimum absolute atomic E-state index is 0.135. The second kappa shape index (κ2) is 4.07. The highest BCUT2D eigenvalue weighted by Gasteiger charge is 2.27. The van der Waals surface area contributed by atoms with Crippen molar-refractivity contribution in [3.05, 3.63) is 35.8 Å². The lowest BCUT2D eigenvalue weighted by Crippen LogP contribution is -2.39. The second-order valence-corrected chi connectivity index (χ2v) is 6.94. The zero-order chi connectivity index (χ0) is 12.8. The Kier molecular flexibility index (Phi) is 2.64. The van der Waals surface area contributed by atoms with Gasteiger partial charge in [0.1, 0.15) is 5.65 Å². The Hall–Kier alpha value is -1.40. The first-order chi connectivity index (χ1) is 8.55. The molecule has 0 saturated carbocycles. The highest BCUT2D eigenvalue weighted by molar-refractivity contribution is 7.91. The first kappa shape index (κ1) is 11.7. The molecule has 5 nitrogen and oxygen atoms in total. The largest absolute Gasteiger partial charge is 0.307 e. The standard InChI is InChI=1S/C12H15N3O2S/c1-9-3-2-5-15-7-10(14-12(9)15)11-8-18(16,17)6-4-13-11/h2-3,5,7,11,13H,4,6,8H2,1H3. The quantitative estimate of drug-likeness (QED) is 0.824. The molecule has 0 aliphatic carbocycles. The molecule has 0 radical (unpaired) electrons. The fourth-order valence-corrected chi connectivity index (χ4v) is 3.71. The van der Waals surface area contributed by atoms with Crippen LogP contribution in [0, 0.1) is 6.92 Å². The molecule has 3 rings (SSSR count). The number of hydrogen-bond donors (Lipinski definition) is 1. The minimum atomic E-state index is -2.94. The predicted molar refractivity (Wildman–Crippen MR) is 69.3 cm³/mol. The van der Waals surface area contributed by atoms with Gasteiger partial charge in [-0.25, -0.2) is 13.4 Å². The average molecular weight is 265 g/mol. The topological polar surface area (TPSA) is 63.5 Å². The van der Waals surface area contributed by atoms with E-state index in [4.69, 9.17) is 0 Å². The van der Waals surface area contributed by atoms with Gasteiger partial charge in [-0.2, -0.15) is 0 Å². The fraction of sp³-hybridized carbons (Fsp3) is 0.417. The van der Waals surface area contributed by atoms with Crippen LogP contribution in [0.3, 0.4) is 0 Å². The van der Waals surface area contributed by atoms with Crippen LogP contribution in [0.5, 0.6) is 0 Å². The number of imidazole rings is 1. The number of aryl methyl sites for hydroxylation is 1. The Morgan fingerprint density at radius 3 is 3.06 bits per heavy atom. The summed E-state index contributed by atoms with van der Waals surface area (Å²) in [5.74, 6) is 0.353. The van der Waals surface area contributed by atoms with Crippen molar-refractivity contribution >= 4 is 15.5 Å². The fourth-order valence-electron chi connectivity index (χ4n) is 2.32. The van der Waals surface area contributed by atoms with Gasteiger partial charge < -0.3 is 9.72 Å². The Labute approximate surface area is 106 Å². The summed E-state index contributed by atoms with van der Waals surface area (Å²) >= 11 is 0. The molecule has 3 heterocycles. The van der Waals surface area contributed by atoms with E-state index >= 15 is 0 Å². The lowest BCUT2D eigenvalue weighted by atomic mass is 10.2. The molecule has 0 spiro atoms. The summed E-state index contributed by atoms with van der Waals surface area (Å²) in [5, 5.41) is 3.22. The predicted octanol–water partition coefficient (Wildman–Crippen LogP) is 0.702. The number of nitrogens with zero attached hydrogens (tertiary/aromatic N) is 2. The van der Waals surface area contributed by atoms with E-state index in [1.807, 2.05) is 35.9 Å². The van der Waals surface area contributed by atoms with Crippen LogP contribution in [0.2, 0.25) is 0 Å². The van der Waals surface area contributed by atoms with Crippen molar-refractivity contribution in [1.29, 1.82) is 0 Å². The SMILES string of the molecule is Cc1cccn2cc(C3CS(=O)(=O)CCN3)nc12. The van der Waals surface area contributed by atoms with E-state index in [0.29, 0.717) is 6.54 Å². The zero-order valence-electron chi connectivity index (χ0n) is 10.1. The van der Waals surface area contributed by atoms with Gasteiger partial charge in [-0.15, -0.1) is 0 Å². The highest BCUT2D eigenvalue weighted by atomic mass is 32.2. The van der Waals surface area contributed by atoms with Gasteiger partial charge in [0.2, 0.25) is 0 Å². The Balaban J connectivity index is 2.02. The summed E-state index contributed by atoms with van der Waals surface area (Å²) in [7, 11) is -2.94. The van der Waals surface area contributed by atoms with Crippen molar-refractivity contribution in [1.82, 2.24) is 14.7 Å². The molecule has 1 N–H and O–H groups in total. The number of rotatable bonds is 1. The van der Waals surface area contributed by atoms with Crippen molar-refractivity contribution in [2.75, 3.05) is 18.1 Å². The van der Waals surface area contributed by atoms with E-state index in [2.05, 4.69) is 10.3 Å². The van der Waals surface area contributed by atoms with Crippen LogP contribution in [0.4, 0.5) is 0 Å². The third kappa shape index (κ3) is 2.02. The summed E-state index contributed by atoms with van der Waals surface area (Å²) in [6.45, 7) is 2.50. The maximum atomic E-state index is 11.6. The first-order valence-electron chi connectivity index (χ1n) is 5.93. The van der Waals surface area contributed by atoms with E-state index in [1.54, 1.807) is 0 Å². The van der Waals surface area contributed by atoms with Crippen molar-refractivity contribution in [3.8, 4) is 0 Å². The van der Waals surface area contributed by atoms with Crippen molar-refractivity contribution < 1.29 is 8.42 Å². The average Bonchev–Trinajstić information content (AvgIpc) is 2.73. The van der Waals surface area contributed by atoms with Gasteiger partial charge in [-0.3, -0.25) is 0 Å². The molecule has 1 fully saturated rings. The number of aromatic nitrogens is 2. The van der Waals surface area contributed by atoms with Crippen LogP contribution >= 0.6 is 0 Å². The van der Waals surface area contributed by atoms with Gasteiger partial charge in [0.25, 0.3) is 0 Å². The monoisotopic (exact) mass is 265 g/mol. The molecule has 1 unspecified atom stereocenters. The van der Waals surface area contributed by atoms with E-state index in [0.717, 1.165) is 16.9 Å². The molecule has 18 heavy (non-hydrogen) atoms. The van der Waals surface area contributed by atoms with Gasteiger partial charge in [0.05, 0.1) is 23.2 Å². The summed E-state index contributed by atoms with van der Waals surface area (Å²) in [6, 6.07) is 3.76. The van der Waals surface area contributed by atoms with Crippen LogP contribution in [0.15, 0.2) is 24.5 Å². The third-order valence-electron chi connectivity index (χ3n) is 3.28. The van der Waals surface area contributed by atoms with Crippen LogP contribution < -0.4 is 5.32 Å².